The van der Waals surface area contributed by atoms with Crippen LogP contribution in [-0.4, -0.2) is 11.6 Å². The molecule has 25 heavy (non-hydrogen) atoms. The number of carbonyl (C=O) groups is 2. The largest absolute Gasteiger partial charge is 0.457 e. The van der Waals surface area contributed by atoms with Gasteiger partial charge in [-0.15, -0.1) is 0 Å². The smallest absolute Gasteiger partial charge is 0.144 e. The molecule has 0 amide bonds. The first-order chi connectivity index (χ1) is 11.9. The van der Waals surface area contributed by atoms with Gasteiger partial charge < -0.3 is 4.74 Å². The fourth-order valence-electron chi connectivity index (χ4n) is 4.11. The Morgan fingerprint density at radius 1 is 0.920 bits per heavy atom. The van der Waals surface area contributed by atoms with Crippen LogP contribution in [0.4, 0.5) is 0 Å². The molecule has 0 spiro atoms. The number of halogens is 1. The van der Waals surface area contributed by atoms with Crippen molar-refractivity contribution in [1.29, 1.82) is 0 Å². The molecule has 0 bridgehead atoms. The van der Waals surface area contributed by atoms with Gasteiger partial charge in [-0.25, -0.2) is 0 Å². The molecular formula is C21H19ClO3. The van der Waals surface area contributed by atoms with Crippen molar-refractivity contribution in [2.24, 2.45) is 11.3 Å². The molecule has 1 aliphatic heterocycles. The third kappa shape index (κ3) is 2.77. The minimum Gasteiger partial charge on any atom is -0.457 e. The van der Waals surface area contributed by atoms with Crippen LogP contribution < -0.4 is 4.74 Å². The minimum absolute atomic E-state index is 0.00822. The summed E-state index contributed by atoms with van der Waals surface area (Å²) in [7, 11) is 0. The molecule has 4 rings (SSSR count). The highest BCUT2D eigenvalue weighted by atomic mass is 35.5. The van der Waals surface area contributed by atoms with E-state index in [2.05, 4.69) is 0 Å². The molecule has 0 unspecified atom stereocenters. The van der Waals surface area contributed by atoms with E-state index in [-0.39, 0.29) is 22.9 Å². The summed E-state index contributed by atoms with van der Waals surface area (Å²) in [5, 5.41) is 0.572. The van der Waals surface area contributed by atoms with Crippen molar-refractivity contribution in [3.05, 3.63) is 58.6 Å². The molecular weight excluding hydrogens is 336 g/mol. The predicted octanol–water partition coefficient (Wildman–Crippen LogP) is 5.15. The number of Topliss-reactive ketones (excluding diaryl/α,β-unsaturated/α-hetero) is 2. The highest BCUT2D eigenvalue weighted by Gasteiger charge is 2.46. The van der Waals surface area contributed by atoms with Gasteiger partial charge in [-0.05, 0) is 29.7 Å². The number of ketones is 2. The van der Waals surface area contributed by atoms with Crippen LogP contribution in [0, 0.1) is 11.3 Å². The lowest BCUT2D eigenvalue weighted by molar-refractivity contribution is -0.140. The van der Waals surface area contributed by atoms with Crippen LogP contribution in [0.2, 0.25) is 5.02 Å². The second-order valence-corrected chi connectivity index (χ2v) is 8.16. The van der Waals surface area contributed by atoms with Gasteiger partial charge in [-0.2, -0.15) is 0 Å². The normalized spacial score (nSPS) is 22.1. The molecule has 0 N–H and O–H groups in total. The SMILES string of the molecule is CC1(C)CC(=O)C([C@H]2c3ccccc3Oc3ccc(Cl)cc32)C(=O)C1. The van der Waals surface area contributed by atoms with Crippen molar-refractivity contribution >= 4 is 23.2 Å². The highest BCUT2D eigenvalue weighted by molar-refractivity contribution is 6.30. The van der Waals surface area contributed by atoms with E-state index in [9.17, 15) is 9.59 Å². The van der Waals surface area contributed by atoms with Gasteiger partial charge in [0.15, 0.2) is 0 Å². The summed E-state index contributed by atoms with van der Waals surface area (Å²) < 4.78 is 5.98. The summed E-state index contributed by atoms with van der Waals surface area (Å²) >= 11 is 6.20. The maximum absolute atomic E-state index is 12.9. The molecule has 3 nitrogen and oxygen atoms in total. The van der Waals surface area contributed by atoms with E-state index in [0.29, 0.717) is 29.4 Å². The van der Waals surface area contributed by atoms with E-state index in [1.54, 1.807) is 6.07 Å². The molecule has 2 aliphatic rings. The van der Waals surface area contributed by atoms with Gasteiger partial charge >= 0.3 is 0 Å². The Bertz CT molecular complexity index is 864. The molecule has 1 fully saturated rings. The summed E-state index contributed by atoms with van der Waals surface area (Å²) in [5.41, 5.74) is 1.42. The van der Waals surface area contributed by atoms with E-state index in [0.717, 1.165) is 11.1 Å². The van der Waals surface area contributed by atoms with Crippen molar-refractivity contribution in [2.45, 2.75) is 32.6 Å². The summed E-state index contributed by atoms with van der Waals surface area (Å²) in [6.45, 7) is 3.95. The topological polar surface area (TPSA) is 43.4 Å². The lowest BCUT2D eigenvalue weighted by Crippen LogP contribution is -2.41. The number of benzene rings is 2. The van der Waals surface area contributed by atoms with Gasteiger partial charge in [0.05, 0.1) is 5.92 Å². The molecule has 1 heterocycles. The average Bonchev–Trinajstić information content (AvgIpc) is 2.53. The maximum Gasteiger partial charge on any atom is 0.144 e. The standard InChI is InChI=1S/C21H19ClO3/c1-21(2)10-15(23)20(16(24)11-21)19-13-5-3-4-6-17(13)25-18-8-7-12(22)9-14(18)19/h3-9,19-20H,10-11H2,1-2H3/t19-/m0/s1. The zero-order valence-electron chi connectivity index (χ0n) is 14.2. The summed E-state index contributed by atoms with van der Waals surface area (Å²) in [4.78, 5) is 25.9. The second kappa shape index (κ2) is 5.70. The van der Waals surface area contributed by atoms with Crippen molar-refractivity contribution in [2.75, 3.05) is 0 Å². The number of fused-ring (bicyclic) bond motifs is 2. The first-order valence-electron chi connectivity index (χ1n) is 8.47. The molecule has 4 heteroatoms. The zero-order valence-corrected chi connectivity index (χ0v) is 15.0. The lowest BCUT2D eigenvalue weighted by Gasteiger charge is -2.38. The molecule has 2 aromatic rings. The van der Waals surface area contributed by atoms with Crippen LogP contribution in [-0.2, 0) is 9.59 Å². The third-order valence-corrected chi connectivity index (χ3v) is 5.35. The number of rotatable bonds is 1. The molecule has 1 aliphatic carbocycles. The van der Waals surface area contributed by atoms with Crippen LogP contribution in [0.1, 0.15) is 43.7 Å². The Hall–Kier alpha value is -2.13. The average molecular weight is 355 g/mol. The van der Waals surface area contributed by atoms with Crippen molar-refractivity contribution in [3.63, 3.8) is 0 Å². The first-order valence-corrected chi connectivity index (χ1v) is 8.85. The monoisotopic (exact) mass is 354 g/mol. The van der Waals surface area contributed by atoms with Crippen LogP contribution in [0.3, 0.4) is 0 Å². The Morgan fingerprint density at radius 3 is 2.28 bits per heavy atom. The molecule has 1 atom stereocenters. The van der Waals surface area contributed by atoms with E-state index in [1.165, 1.54) is 0 Å². The molecule has 0 aromatic heterocycles. The van der Waals surface area contributed by atoms with Crippen LogP contribution in [0.25, 0.3) is 0 Å². The van der Waals surface area contributed by atoms with E-state index in [4.69, 9.17) is 16.3 Å². The summed E-state index contributed by atoms with van der Waals surface area (Å²) in [6.07, 6.45) is 0.831. The number of ether oxygens (including phenoxy) is 1. The third-order valence-electron chi connectivity index (χ3n) is 5.11. The van der Waals surface area contributed by atoms with Crippen molar-refractivity contribution < 1.29 is 14.3 Å². The quantitative estimate of drug-likeness (QED) is 0.665. The first kappa shape index (κ1) is 16.3. The highest BCUT2D eigenvalue weighted by Crippen LogP contribution is 2.51. The van der Waals surface area contributed by atoms with Gasteiger partial charge in [0, 0.05) is 34.9 Å². The Labute approximate surface area is 152 Å². The number of hydrogen-bond acceptors (Lipinski definition) is 3. The fourth-order valence-corrected chi connectivity index (χ4v) is 4.29. The van der Waals surface area contributed by atoms with Crippen molar-refractivity contribution in [3.8, 4) is 11.5 Å². The van der Waals surface area contributed by atoms with Gasteiger partial charge in [-0.1, -0.05) is 43.6 Å². The van der Waals surface area contributed by atoms with E-state index in [1.807, 2.05) is 50.2 Å². The summed E-state index contributed by atoms with van der Waals surface area (Å²) in [6, 6.07) is 13.0. The van der Waals surface area contributed by atoms with Gasteiger partial charge in [0.25, 0.3) is 0 Å². The molecule has 0 saturated heterocycles. The van der Waals surface area contributed by atoms with Gasteiger partial charge in [0.2, 0.25) is 0 Å². The van der Waals surface area contributed by atoms with E-state index < -0.39 is 5.92 Å². The van der Waals surface area contributed by atoms with Crippen LogP contribution in [0.15, 0.2) is 42.5 Å². The zero-order chi connectivity index (χ0) is 17.8. The Balaban J connectivity index is 1.88. The van der Waals surface area contributed by atoms with Crippen molar-refractivity contribution in [1.82, 2.24) is 0 Å². The molecule has 2 aromatic carbocycles. The second-order valence-electron chi connectivity index (χ2n) is 7.73. The molecule has 128 valence electrons. The van der Waals surface area contributed by atoms with Crippen LogP contribution >= 0.6 is 11.6 Å². The number of para-hydroxylation sites is 1. The van der Waals surface area contributed by atoms with E-state index >= 15 is 0 Å². The maximum atomic E-state index is 12.9. The van der Waals surface area contributed by atoms with Gasteiger partial charge in [0.1, 0.15) is 23.1 Å². The fraction of sp³-hybridized carbons (Fsp3) is 0.333. The lowest BCUT2D eigenvalue weighted by atomic mass is 9.65. The number of hydrogen-bond donors (Lipinski definition) is 0. The predicted molar refractivity (Wildman–Crippen MR) is 96.3 cm³/mol. The molecule has 1 saturated carbocycles. The Morgan fingerprint density at radius 2 is 1.56 bits per heavy atom. The summed E-state index contributed by atoms with van der Waals surface area (Å²) in [5.74, 6) is 0.374. The minimum atomic E-state index is -0.671. The molecule has 0 radical (unpaired) electrons. The Kier molecular flexibility index (Phi) is 3.73. The number of carbonyl (C=O) groups excluding carboxylic acids is 2. The van der Waals surface area contributed by atoms with Crippen LogP contribution in [0.5, 0.6) is 11.5 Å². The van der Waals surface area contributed by atoms with Gasteiger partial charge in [-0.3, -0.25) is 9.59 Å².